The van der Waals surface area contributed by atoms with E-state index in [1.54, 1.807) is 19.1 Å². The van der Waals surface area contributed by atoms with Crippen molar-refractivity contribution in [3.05, 3.63) is 36.0 Å². The zero-order valence-electron chi connectivity index (χ0n) is 22.8. The van der Waals surface area contributed by atoms with Gasteiger partial charge in [-0.15, -0.1) is 0 Å². The SMILES string of the molecule is COCCCn1cc(CN(C(=O)[C@H]2CN(C(=O)OC(C)(C)C)C[C@@H](COC)O2)C2CC2)c2ccccc21. The molecular weight excluding hydrogens is 474 g/mol. The van der Waals surface area contributed by atoms with Gasteiger partial charge in [-0.1, -0.05) is 18.2 Å². The van der Waals surface area contributed by atoms with Crippen LogP contribution < -0.4 is 0 Å². The van der Waals surface area contributed by atoms with Crippen molar-refractivity contribution in [3.8, 4) is 0 Å². The fraction of sp³-hybridized carbons (Fsp3) is 0.643. The van der Waals surface area contributed by atoms with Gasteiger partial charge in [0.2, 0.25) is 0 Å². The highest BCUT2D eigenvalue weighted by atomic mass is 16.6. The molecule has 2 amide bonds. The van der Waals surface area contributed by atoms with Gasteiger partial charge in [0.25, 0.3) is 5.91 Å². The van der Waals surface area contributed by atoms with Crippen LogP contribution in [0.3, 0.4) is 0 Å². The van der Waals surface area contributed by atoms with E-state index in [2.05, 4.69) is 22.9 Å². The zero-order chi connectivity index (χ0) is 26.6. The number of fused-ring (bicyclic) bond motifs is 1. The number of hydrogen-bond donors (Lipinski definition) is 0. The third-order valence-corrected chi connectivity index (χ3v) is 6.68. The van der Waals surface area contributed by atoms with E-state index in [0.717, 1.165) is 42.3 Å². The molecule has 2 fully saturated rings. The van der Waals surface area contributed by atoms with Crippen molar-refractivity contribution in [1.29, 1.82) is 0 Å². The van der Waals surface area contributed by atoms with Crippen LogP contribution >= 0.6 is 0 Å². The molecule has 0 unspecified atom stereocenters. The normalized spacial score (nSPS) is 20.3. The molecule has 9 nitrogen and oxygen atoms in total. The topological polar surface area (TPSA) is 82.5 Å². The minimum atomic E-state index is -0.767. The van der Waals surface area contributed by atoms with Gasteiger partial charge in [-0.2, -0.15) is 0 Å². The van der Waals surface area contributed by atoms with Crippen molar-refractivity contribution < 1.29 is 28.5 Å². The second-order valence-corrected chi connectivity index (χ2v) is 11.0. The Bertz CT molecular complexity index is 1070. The molecule has 9 heteroatoms. The van der Waals surface area contributed by atoms with Crippen LogP contribution in [0.15, 0.2) is 30.5 Å². The Morgan fingerprint density at radius 2 is 1.86 bits per heavy atom. The Hall–Kier alpha value is -2.62. The molecule has 0 N–H and O–H groups in total. The van der Waals surface area contributed by atoms with Crippen LogP contribution in [0.2, 0.25) is 0 Å². The number of ether oxygens (including phenoxy) is 4. The van der Waals surface area contributed by atoms with E-state index >= 15 is 0 Å². The molecule has 1 aliphatic heterocycles. The summed E-state index contributed by atoms with van der Waals surface area (Å²) in [5.41, 5.74) is 1.65. The third-order valence-electron chi connectivity index (χ3n) is 6.68. The van der Waals surface area contributed by atoms with Gasteiger partial charge in [-0.25, -0.2) is 4.79 Å². The maximum absolute atomic E-state index is 13.9. The Balaban J connectivity index is 1.54. The van der Waals surface area contributed by atoms with Gasteiger partial charge in [-0.05, 0) is 51.7 Å². The van der Waals surface area contributed by atoms with E-state index in [9.17, 15) is 9.59 Å². The third kappa shape index (κ3) is 7.03. The van der Waals surface area contributed by atoms with Crippen molar-refractivity contribution >= 4 is 22.9 Å². The first kappa shape index (κ1) is 27.4. The molecule has 1 saturated heterocycles. The number of carbonyl (C=O) groups is 2. The number of methoxy groups -OCH3 is 2. The number of hydrogen-bond acceptors (Lipinski definition) is 6. The summed E-state index contributed by atoms with van der Waals surface area (Å²) in [6.45, 7) is 8.33. The van der Waals surface area contributed by atoms with Crippen molar-refractivity contribution in [2.45, 2.75) is 77.0 Å². The number of para-hydroxylation sites is 1. The second-order valence-electron chi connectivity index (χ2n) is 11.0. The van der Waals surface area contributed by atoms with E-state index < -0.39 is 23.9 Å². The molecule has 37 heavy (non-hydrogen) atoms. The molecule has 204 valence electrons. The predicted octanol–water partition coefficient (Wildman–Crippen LogP) is 3.82. The van der Waals surface area contributed by atoms with Crippen LogP contribution in [0.5, 0.6) is 0 Å². The van der Waals surface area contributed by atoms with Crippen molar-refractivity contribution in [3.63, 3.8) is 0 Å². The van der Waals surface area contributed by atoms with Gasteiger partial charge in [0.15, 0.2) is 6.10 Å². The molecule has 1 aromatic carbocycles. The fourth-order valence-corrected chi connectivity index (χ4v) is 4.88. The summed E-state index contributed by atoms with van der Waals surface area (Å²) in [6.07, 6.45) is 3.42. The Morgan fingerprint density at radius 3 is 2.54 bits per heavy atom. The highest BCUT2D eigenvalue weighted by Crippen LogP contribution is 2.32. The molecule has 1 aromatic heterocycles. The number of carbonyl (C=O) groups excluding carboxylic acids is 2. The Kier molecular flexibility index (Phi) is 8.77. The lowest BCUT2D eigenvalue weighted by Gasteiger charge is -2.39. The highest BCUT2D eigenvalue weighted by molar-refractivity contribution is 5.86. The van der Waals surface area contributed by atoms with E-state index in [1.807, 2.05) is 37.8 Å². The highest BCUT2D eigenvalue weighted by Gasteiger charge is 2.42. The molecule has 2 aliphatic rings. The van der Waals surface area contributed by atoms with Gasteiger partial charge in [-0.3, -0.25) is 4.79 Å². The van der Waals surface area contributed by atoms with Gasteiger partial charge < -0.3 is 33.3 Å². The number of aryl methyl sites for hydroxylation is 1. The van der Waals surface area contributed by atoms with E-state index in [-0.39, 0.29) is 18.5 Å². The maximum atomic E-state index is 13.9. The summed E-state index contributed by atoms with van der Waals surface area (Å²) in [4.78, 5) is 30.3. The Labute approximate surface area is 219 Å². The van der Waals surface area contributed by atoms with Crippen LogP contribution in [-0.2, 0) is 36.8 Å². The number of morpholine rings is 1. The number of benzene rings is 1. The molecular formula is C28H41N3O6. The van der Waals surface area contributed by atoms with Crippen LogP contribution in [0.1, 0.15) is 45.6 Å². The molecule has 4 rings (SSSR count). The lowest BCUT2D eigenvalue weighted by molar-refractivity contribution is -0.161. The van der Waals surface area contributed by atoms with E-state index in [4.69, 9.17) is 18.9 Å². The van der Waals surface area contributed by atoms with Crippen molar-refractivity contribution in [1.82, 2.24) is 14.4 Å². The summed E-state index contributed by atoms with van der Waals surface area (Å²) in [7, 11) is 3.30. The number of rotatable bonds is 10. The maximum Gasteiger partial charge on any atom is 0.410 e. The van der Waals surface area contributed by atoms with Crippen LogP contribution in [0.4, 0.5) is 4.79 Å². The summed E-state index contributed by atoms with van der Waals surface area (Å²) >= 11 is 0. The molecule has 2 heterocycles. The summed E-state index contributed by atoms with van der Waals surface area (Å²) in [5.74, 6) is -0.0897. The number of aromatic nitrogens is 1. The molecule has 2 atom stereocenters. The van der Waals surface area contributed by atoms with Gasteiger partial charge in [0.05, 0.1) is 25.8 Å². The van der Waals surface area contributed by atoms with Gasteiger partial charge in [0, 0.05) is 57.1 Å². The summed E-state index contributed by atoms with van der Waals surface area (Å²) in [6, 6.07) is 8.49. The standard InChI is InChI=1S/C28H41N3O6/c1-28(2,3)37-27(33)30-17-22(19-35-5)36-25(18-30)26(32)31(21-11-12-21)16-20-15-29(13-8-14-34-4)24-10-7-6-9-23(20)24/h6-7,9-10,15,21-22,25H,8,11-14,16-19H2,1-5H3/t22-,25+/m0/s1. The van der Waals surface area contributed by atoms with Crippen molar-refractivity contribution in [2.75, 3.05) is 40.5 Å². The second kappa shape index (κ2) is 11.8. The molecule has 1 saturated carbocycles. The largest absolute Gasteiger partial charge is 0.444 e. The molecule has 1 aliphatic carbocycles. The summed E-state index contributed by atoms with van der Waals surface area (Å²) in [5, 5.41) is 1.15. The molecule has 0 bridgehead atoms. The smallest absolute Gasteiger partial charge is 0.410 e. The Morgan fingerprint density at radius 1 is 1.11 bits per heavy atom. The minimum absolute atomic E-state index is 0.0897. The number of nitrogens with zero attached hydrogens (tertiary/aromatic N) is 3. The fourth-order valence-electron chi connectivity index (χ4n) is 4.88. The van der Waals surface area contributed by atoms with Crippen LogP contribution in [-0.4, -0.2) is 90.7 Å². The monoisotopic (exact) mass is 515 g/mol. The molecule has 2 aromatic rings. The van der Waals surface area contributed by atoms with E-state index in [0.29, 0.717) is 26.3 Å². The first-order chi connectivity index (χ1) is 17.7. The van der Waals surface area contributed by atoms with Gasteiger partial charge >= 0.3 is 6.09 Å². The lowest BCUT2D eigenvalue weighted by Crippen LogP contribution is -2.57. The average Bonchev–Trinajstić information content (AvgIpc) is 3.64. The molecule has 0 spiro atoms. The van der Waals surface area contributed by atoms with Crippen LogP contribution in [0, 0.1) is 0 Å². The predicted molar refractivity (Wildman–Crippen MR) is 140 cm³/mol. The van der Waals surface area contributed by atoms with Gasteiger partial charge in [0.1, 0.15) is 5.60 Å². The number of amides is 2. The quantitative estimate of drug-likeness (QED) is 0.448. The first-order valence-electron chi connectivity index (χ1n) is 13.2. The van der Waals surface area contributed by atoms with Crippen LogP contribution in [0.25, 0.3) is 10.9 Å². The lowest BCUT2D eigenvalue weighted by atomic mass is 10.1. The zero-order valence-corrected chi connectivity index (χ0v) is 22.8. The van der Waals surface area contributed by atoms with Crippen molar-refractivity contribution in [2.24, 2.45) is 0 Å². The minimum Gasteiger partial charge on any atom is -0.444 e. The molecule has 0 radical (unpaired) electrons. The van der Waals surface area contributed by atoms with E-state index in [1.165, 1.54) is 0 Å². The average molecular weight is 516 g/mol. The summed E-state index contributed by atoms with van der Waals surface area (Å²) < 4.78 is 24.6. The first-order valence-corrected chi connectivity index (χ1v) is 13.2.